The monoisotopic (exact) mass is 417 g/mol. The van der Waals surface area contributed by atoms with Crippen LogP contribution >= 0.6 is 0 Å². The Hall–Kier alpha value is -4.67. The number of aromatic nitrogens is 4. The molecule has 2 aromatic carbocycles. The first-order chi connectivity index (χ1) is 15.1. The summed E-state index contributed by atoms with van der Waals surface area (Å²) in [4.78, 5) is 23.9. The third-order valence-electron chi connectivity index (χ3n) is 4.14. The second-order valence-corrected chi connectivity index (χ2v) is 6.28. The van der Waals surface area contributed by atoms with E-state index >= 15 is 0 Å². The van der Waals surface area contributed by atoms with Crippen molar-refractivity contribution < 1.29 is 14.1 Å². The van der Waals surface area contributed by atoms with Crippen LogP contribution in [0.4, 0.5) is 5.69 Å². The lowest BCUT2D eigenvalue weighted by Crippen LogP contribution is -2.24. The number of carbonyl (C=O) groups is 1. The van der Waals surface area contributed by atoms with Crippen molar-refractivity contribution in [3.05, 3.63) is 82.6 Å². The summed E-state index contributed by atoms with van der Waals surface area (Å²) in [6, 6.07) is 18.7. The zero-order valence-corrected chi connectivity index (χ0v) is 16.0. The molecule has 0 bridgehead atoms. The van der Waals surface area contributed by atoms with Crippen LogP contribution in [0.25, 0.3) is 22.7 Å². The summed E-state index contributed by atoms with van der Waals surface area (Å²) in [5.74, 6) is 0.591. The Morgan fingerprint density at radius 3 is 2.71 bits per heavy atom. The van der Waals surface area contributed by atoms with E-state index in [1.54, 1.807) is 30.3 Å². The second-order valence-electron chi connectivity index (χ2n) is 6.28. The Bertz CT molecular complexity index is 1250. The highest BCUT2D eigenvalue weighted by atomic mass is 16.6. The fourth-order valence-electron chi connectivity index (χ4n) is 2.75. The van der Waals surface area contributed by atoms with Gasteiger partial charge in [-0.2, -0.15) is 9.90 Å². The Morgan fingerprint density at radius 2 is 1.90 bits per heavy atom. The lowest BCUT2D eigenvalue weighted by molar-refractivity contribution is -0.384. The van der Waals surface area contributed by atoms with E-state index in [-0.39, 0.29) is 12.2 Å². The topological polar surface area (TPSA) is 141 Å². The Balaban J connectivity index is 1.36. The molecule has 4 rings (SSSR count). The highest BCUT2D eigenvalue weighted by molar-refractivity contribution is 5.81. The fourth-order valence-corrected chi connectivity index (χ4v) is 2.75. The molecule has 4 aromatic rings. The quantitative estimate of drug-likeness (QED) is 0.277. The molecule has 0 atom stereocenters. The number of rotatable bonds is 7. The fraction of sp³-hybridized carbons (Fsp3) is 0.0500. The molecular formula is C20H15N7O4. The van der Waals surface area contributed by atoms with Gasteiger partial charge in [-0.05, 0) is 23.4 Å². The number of furan rings is 1. The summed E-state index contributed by atoms with van der Waals surface area (Å²) >= 11 is 0. The van der Waals surface area contributed by atoms with Gasteiger partial charge in [0.05, 0.1) is 16.7 Å². The second kappa shape index (κ2) is 8.78. The molecule has 0 radical (unpaired) electrons. The minimum atomic E-state index is -0.479. The molecule has 0 saturated heterocycles. The predicted molar refractivity (Wildman–Crippen MR) is 110 cm³/mol. The van der Waals surface area contributed by atoms with Crippen LogP contribution in [0, 0.1) is 10.1 Å². The molecule has 2 aromatic heterocycles. The third kappa shape index (κ3) is 4.67. The molecule has 11 heteroatoms. The number of para-hydroxylation sites is 1. The number of carbonyl (C=O) groups excluding carboxylic acids is 1. The van der Waals surface area contributed by atoms with Crippen LogP contribution < -0.4 is 5.43 Å². The smallest absolute Gasteiger partial charge is 0.280 e. The van der Waals surface area contributed by atoms with Crippen LogP contribution in [-0.2, 0) is 11.3 Å². The van der Waals surface area contributed by atoms with Crippen molar-refractivity contribution >= 4 is 17.8 Å². The zero-order chi connectivity index (χ0) is 21.6. The molecule has 31 heavy (non-hydrogen) atoms. The van der Waals surface area contributed by atoms with Crippen LogP contribution in [0.5, 0.6) is 0 Å². The molecule has 1 amide bonds. The zero-order valence-electron chi connectivity index (χ0n) is 16.0. The van der Waals surface area contributed by atoms with E-state index in [9.17, 15) is 14.9 Å². The highest BCUT2D eigenvalue weighted by Crippen LogP contribution is 2.30. The minimum Gasteiger partial charge on any atom is -0.455 e. The lowest BCUT2D eigenvalue weighted by Gasteiger charge is -1.99. The van der Waals surface area contributed by atoms with Gasteiger partial charge < -0.3 is 4.42 Å². The first-order valence-electron chi connectivity index (χ1n) is 9.09. The molecule has 0 spiro atoms. The van der Waals surface area contributed by atoms with Crippen molar-refractivity contribution in [1.29, 1.82) is 0 Å². The van der Waals surface area contributed by atoms with Crippen LogP contribution in [0.1, 0.15) is 5.76 Å². The number of nitro benzene ring substituents is 1. The van der Waals surface area contributed by atoms with E-state index in [1.165, 1.54) is 12.3 Å². The van der Waals surface area contributed by atoms with Crippen molar-refractivity contribution in [1.82, 2.24) is 25.6 Å². The Labute approximate surface area is 175 Å². The number of nitrogens with one attached hydrogen (secondary N) is 1. The first kappa shape index (κ1) is 19.6. The number of benzene rings is 2. The maximum atomic E-state index is 12.0. The summed E-state index contributed by atoms with van der Waals surface area (Å²) in [6.07, 6.45) is 1.29. The van der Waals surface area contributed by atoms with E-state index in [0.29, 0.717) is 22.9 Å². The number of nitrogens with zero attached hydrogens (tertiary/aromatic N) is 6. The van der Waals surface area contributed by atoms with Crippen molar-refractivity contribution in [2.75, 3.05) is 0 Å². The average Bonchev–Trinajstić information content (AvgIpc) is 3.44. The van der Waals surface area contributed by atoms with Crippen molar-refractivity contribution in [2.24, 2.45) is 5.10 Å². The molecule has 2 heterocycles. The summed E-state index contributed by atoms with van der Waals surface area (Å²) in [7, 11) is 0. The van der Waals surface area contributed by atoms with Crippen LogP contribution in [0.3, 0.4) is 0 Å². The van der Waals surface area contributed by atoms with Gasteiger partial charge in [-0.1, -0.05) is 42.5 Å². The molecule has 1 N–H and O–H groups in total. The Kier molecular flexibility index (Phi) is 5.56. The van der Waals surface area contributed by atoms with Gasteiger partial charge in [0.25, 0.3) is 11.6 Å². The first-order valence-corrected chi connectivity index (χ1v) is 9.09. The predicted octanol–water partition coefficient (Wildman–Crippen LogP) is 2.66. The maximum absolute atomic E-state index is 12.0. The number of nitro groups is 1. The third-order valence-corrected chi connectivity index (χ3v) is 4.14. The maximum Gasteiger partial charge on any atom is 0.280 e. The van der Waals surface area contributed by atoms with E-state index in [0.717, 1.165) is 10.4 Å². The standard InChI is InChI=1S/C20H15N7O4/c28-19(13-26-24-20(23-25-26)14-6-2-1-3-7-14)22-21-12-15-10-11-18(31-15)16-8-4-5-9-17(16)27(29)30/h1-12H,13H2,(H,22,28)/b21-12-. The van der Waals surface area contributed by atoms with E-state index in [4.69, 9.17) is 4.42 Å². The summed E-state index contributed by atoms with van der Waals surface area (Å²) in [6.45, 7) is -0.170. The van der Waals surface area contributed by atoms with Gasteiger partial charge in [-0.15, -0.1) is 10.2 Å². The van der Waals surface area contributed by atoms with Crippen molar-refractivity contribution in [2.45, 2.75) is 6.54 Å². The SMILES string of the molecule is O=C(Cn1nnc(-c2ccccc2)n1)N/N=C\c1ccc(-c2ccccc2[N+](=O)[O-])o1. The van der Waals surface area contributed by atoms with E-state index in [2.05, 4.69) is 25.9 Å². The summed E-state index contributed by atoms with van der Waals surface area (Å²) < 4.78 is 5.57. The van der Waals surface area contributed by atoms with Gasteiger partial charge in [0.15, 0.2) is 0 Å². The van der Waals surface area contributed by atoms with Crippen LogP contribution in [0.15, 0.2) is 76.2 Å². The minimum absolute atomic E-state index is 0.0659. The Morgan fingerprint density at radius 1 is 1.13 bits per heavy atom. The number of hydrogen-bond acceptors (Lipinski definition) is 8. The molecule has 0 aliphatic carbocycles. The number of tetrazole rings is 1. The number of amides is 1. The van der Waals surface area contributed by atoms with Crippen molar-refractivity contribution in [3.63, 3.8) is 0 Å². The van der Waals surface area contributed by atoms with Gasteiger partial charge >= 0.3 is 0 Å². The van der Waals surface area contributed by atoms with Gasteiger partial charge in [-0.3, -0.25) is 14.9 Å². The largest absolute Gasteiger partial charge is 0.455 e. The van der Waals surface area contributed by atoms with Gasteiger partial charge in [-0.25, -0.2) is 5.43 Å². The number of hydrazone groups is 1. The number of hydrogen-bond donors (Lipinski definition) is 1. The van der Waals surface area contributed by atoms with E-state index < -0.39 is 10.8 Å². The summed E-state index contributed by atoms with van der Waals surface area (Å²) in [5.41, 5.74) is 3.42. The highest BCUT2D eigenvalue weighted by Gasteiger charge is 2.16. The molecule has 0 aliphatic heterocycles. The van der Waals surface area contributed by atoms with Gasteiger partial charge in [0, 0.05) is 11.6 Å². The average molecular weight is 417 g/mol. The van der Waals surface area contributed by atoms with Gasteiger partial charge in [0.1, 0.15) is 18.1 Å². The summed E-state index contributed by atoms with van der Waals surface area (Å²) in [5, 5.41) is 26.9. The van der Waals surface area contributed by atoms with Crippen molar-refractivity contribution in [3.8, 4) is 22.7 Å². The molecule has 0 saturated carbocycles. The molecule has 0 unspecified atom stereocenters. The molecule has 0 aliphatic rings. The molecule has 11 nitrogen and oxygen atoms in total. The molecule has 154 valence electrons. The normalized spacial score (nSPS) is 11.0. The van der Waals surface area contributed by atoms with Gasteiger partial charge in [0.2, 0.25) is 5.82 Å². The van der Waals surface area contributed by atoms with Crippen LogP contribution in [0.2, 0.25) is 0 Å². The van der Waals surface area contributed by atoms with E-state index in [1.807, 2.05) is 30.3 Å². The lowest BCUT2D eigenvalue weighted by atomic mass is 10.1. The molecule has 0 fully saturated rings. The van der Waals surface area contributed by atoms with Crippen LogP contribution in [-0.4, -0.2) is 37.3 Å². The molecular weight excluding hydrogens is 402 g/mol.